The lowest BCUT2D eigenvalue weighted by Crippen LogP contribution is -2.11. The molecular weight excluding hydrogens is 268 g/mol. The first-order chi connectivity index (χ1) is 9.24. The Morgan fingerprint density at radius 2 is 2.05 bits per heavy atom. The van der Waals surface area contributed by atoms with E-state index in [0.717, 1.165) is 0 Å². The molecule has 2 heterocycles. The Morgan fingerprint density at radius 3 is 2.84 bits per heavy atom. The maximum Gasteiger partial charge on any atom is 0.255 e. The van der Waals surface area contributed by atoms with Gasteiger partial charge in [-0.05, 0) is 24.3 Å². The minimum atomic E-state index is -0.272. The fourth-order valence-corrected chi connectivity index (χ4v) is 2.00. The standard InChI is InChI=1S/C13H9ClN2O3/c14-10-5-8(6-11-12(10)19-7-18-11)13(17)16-9-1-3-15-4-2-9/h1-6H,7H2,(H,15,16,17). The van der Waals surface area contributed by atoms with Crippen LogP contribution in [-0.4, -0.2) is 17.7 Å². The fourth-order valence-electron chi connectivity index (χ4n) is 1.74. The maximum absolute atomic E-state index is 12.1. The van der Waals surface area contributed by atoms with E-state index < -0.39 is 0 Å². The third-order valence-electron chi connectivity index (χ3n) is 2.63. The number of carbonyl (C=O) groups is 1. The predicted octanol–water partition coefficient (Wildman–Crippen LogP) is 2.72. The molecule has 96 valence electrons. The molecule has 0 atom stereocenters. The summed E-state index contributed by atoms with van der Waals surface area (Å²) in [6.07, 6.45) is 3.20. The third-order valence-corrected chi connectivity index (χ3v) is 2.91. The van der Waals surface area contributed by atoms with Gasteiger partial charge >= 0.3 is 0 Å². The lowest BCUT2D eigenvalue weighted by molar-refractivity contribution is 0.102. The predicted molar refractivity (Wildman–Crippen MR) is 69.8 cm³/mol. The Balaban J connectivity index is 1.87. The van der Waals surface area contributed by atoms with Crippen molar-refractivity contribution in [2.75, 3.05) is 12.1 Å². The van der Waals surface area contributed by atoms with Crippen LogP contribution in [0.15, 0.2) is 36.7 Å². The number of fused-ring (bicyclic) bond motifs is 1. The van der Waals surface area contributed by atoms with Crippen LogP contribution in [0.1, 0.15) is 10.4 Å². The van der Waals surface area contributed by atoms with E-state index in [1.165, 1.54) is 0 Å². The Bertz CT molecular complexity index is 631. The number of ether oxygens (including phenoxy) is 2. The van der Waals surface area contributed by atoms with Crippen molar-refractivity contribution >= 4 is 23.2 Å². The van der Waals surface area contributed by atoms with E-state index in [0.29, 0.717) is 27.8 Å². The van der Waals surface area contributed by atoms with Crippen molar-refractivity contribution < 1.29 is 14.3 Å². The normalized spacial score (nSPS) is 12.3. The number of nitrogens with zero attached hydrogens (tertiary/aromatic N) is 1. The van der Waals surface area contributed by atoms with Crippen LogP contribution >= 0.6 is 11.6 Å². The monoisotopic (exact) mass is 276 g/mol. The number of pyridine rings is 1. The minimum absolute atomic E-state index is 0.116. The molecule has 0 radical (unpaired) electrons. The second kappa shape index (κ2) is 4.78. The molecule has 19 heavy (non-hydrogen) atoms. The van der Waals surface area contributed by atoms with Gasteiger partial charge in [-0.3, -0.25) is 9.78 Å². The van der Waals surface area contributed by atoms with Crippen LogP contribution in [0.2, 0.25) is 5.02 Å². The molecule has 1 N–H and O–H groups in total. The molecule has 0 aliphatic carbocycles. The van der Waals surface area contributed by atoms with Crippen LogP contribution in [0.3, 0.4) is 0 Å². The zero-order chi connectivity index (χ0) is 13.2. The van der Waals surface area contributed by atoms with E-state index in [4.69, 9.17) is 21.1 Å². The van der Waals surface area contributed by atoms with Crippen LogP contribution in [-0.2, 0) is 0 Å². The molecule has 6 heteroatoms. The van der Waals surface area contributed by atoms with E-state index in [9.17, 15) is 4.79 Å². The highest BCUT2D eigenvalue weighted by Crippen LogP contribution is 2.39. The maximum atomic E-state index is 12.1. The number of amides is 1. The summed E-state index contributed by atoms with van der Waals surface area (Å²) in [5.74, 6) is 0.681. The molecule has 0 spiro atoms. The van der Waals surface area contributed by atoms with E-state index >= 15 is 0 Å². The highest BCUT2D eigenvalue weighted by Gasteiger charge is 2.20. The first kappa shape index (κ1) is 11.8. The Morgan fingerprint density at radius 1 is 1.26 bits per heavy atom. The molecule has 1 aliphatic rings. The number of anilines is 1. The Labute approximate surface area is 114 Å². The van der Waals surface area contributed by atoms with E-state index in [-0.39, 0.29) is 12.7 Å². The zero-order valence-corrected chi connectivity index (χ0v) is 10.5. The van der Waals surface area contributed by atoms with Crippen LogP contribution in [0.25, 0.3) is 0 Å². The number of aromatic nitrogens is 1. The highest BCUT2D eigenvalue weighted by molar-refractivity contribution is 6.32. The summed E-state index contributed by atoms with van der Waals surface area (Å²) in [6, 6.07) is 6.55. The molecule has 0 fully saturated rings. The molecule has 0 unspecified atom stereocenters. The van der Waals surface area contributed by atoms with Crippen molar-refractivity contribution in [3.8, 4) is 11.5 Å². The van der Waals surface area contributed by atoms with Crippen molar-refractivity contribution in [2.24, 2.45) is 0 Å². The van der Waals surface area contributed by atoms with Gasteiger partial charge in [-0.15, -0.1) is 0 Å². The Hall–Kier alpha value is -2.27. The van der Waals surface area contributed by atoms with Gasteiger partial charge in [0.25, 0.3) is 5.91 Å². The molecule has 1 aromatic carbocycles. The first-order valence-electron chi connectivity index (χ1n) is 5.54. The highest BCUT2D eigenvalue weighted by atomic mass is 35.5. The SMILES string of the molecule is O=C(Nc1ccncc1)c1cc(Cl)c2c(c1)OCO2. The first-order valence-corrected chi connectivity index (χ1v) is 5.92. The summed E-state index contributed by atoms with van der Waals surface area (Å²) in [7, 11) is 0. The van der Waals surface area contributed by atoms with Gasteiger partial charge in [-0.25, -0.2) is 0 Å². The lowest BCUT2D eigenvalue weighted by Gasteiger charge is -2.06. The average molecular weight is 277 g/mol. The molecule has 0 saturated heterocycles. The van der Waals surface area contributed by atoms with Gasteiger partial charge in [0.05, 0.1) is 5.02 Å². The van der Waals surface area contributed by atoms with Crippen molar-refractivity contribution in [1.29, 1.82) is 0 Å². The van der Waals surface area contributed by atoms with Crippen molar-refractivity contribution in [3.05, 3.63) is 47.2 Å². The third kappa shape index (κ3) is 2.32. The molecule has 2 aromatic rings. The molecular formula is C13H9ClN2O3. The van der Waals surface area contributed by atoms with Gasteiger partial charge in [0.1, 0.15) is 0 Å². The minimum Gasteiger partial charge on any atom is -0.454 e. The van der Waals surface area contributed by atoms with Gasteiger partial charge in [-0.2, -0.15) is 0 Å². The van der Waals surface area contributed by atoms with Gasteiger partial charge in [-0.1, -0.05) is 11.6 Å². The molecule has 0 saturated carbocycles. The average Bonchev–Trinajstić information content (AvgIpc) is 2.88. The van der Waals surface area contributed by atoms with Gasteiger partial charge < -0.3 is 14.8 Å². The van der Waals surface area contributed by atoms with Gasteiger partial charge in [0, 0.05) is 23.6 Å². The smallest absolute Gasteiger partial charge is 0.255 e. The number of rotatable bonds is 2. The van der Waals surface area contributed by atoms with Crippen LogP contribution in [0.4, 0.5) is 5.69 Å². The number of carbonyl (C=O) groups excluding carboxylic acids is 1. The number of hydrogen-bond donors (Lipinski definition) is 1. The van der Waals surface area contributed by atoms with E-state index in [2.05, 4.69) is 10.3 Å². The van der Waals surface area contributed by atoms with Crippen molar-refractivity contribution in [2.45, 2.75) is 0 Å². The zero-order valence-electron chi connectivity index (χ0n) is 9.72. The quantitative estimate of drug-likeness (QED) is 0.916. The number of benzene rings is 1. The molecule has 1 aromatic heterocycles. The summed E-state index contributed by atoms with van der Waals surface area (Å²) in [5, 5.41) is 3.10. The topological polar surface area (TPSA) is 60.5 Å². The second-order valence-corrected chi connectivity index (χ2v) is 4.29. The Kier molecular flexibility index (Phi) is 2.97. The van der Waals surface area contributed by atoms with Crippen LogP contribution in [0, 0.1) is 0 Å². The second-order valence-electron chi connectivity index (χ2n) is 3.88. The molecule has 3 rings (SSSR count). The van der Waals surface area contributed by atoms with Crippen molar-refractivity contribution in [3.63, 3.8) is 0 Å². The summed E-state index contributed by atoms with van der Waals surface area (Å²) >= 11 is 6.03. The molecule has 1 aliphatic heterocycles. The summed E-state index contributed by atoms with van der Waals surface area (Å²) < 4.78 is 10.4. The van der Waals surface area contributed by atoms with E-state index in [1.54, 1.807) is 36.7 Å². The largest absolute Gasteiger partial charge is 0.454 e. The lowest BCUT2D eigenvalue weighted by atomic mass is 10.2. The van der Waals surface area contributed by atoms with Crippen LogP contribution in [0.5, 0.6) is 11.5 Å². The van der Waals surface area contributed by atoms with Gasteiger partial charge in [0.15, 0.2) is 11.5 Å². The van der Waals surface area contributed by atoms with Gasteiger partial charge in [0.2, 0.25) is 6.79 Å². The molecule has 0 bridgehead atoms. The summed E-state index contributed by atoms with van der Waals surface area (Å²) in [5.41, 5.74) is 1.07. The summed E-state index contributed by atoms with van der Waals surface area (Å²) in [4.78, 5) is 16.0. The summed E-state index contributed by atoms with van der Waals surface area (Å²) in [6.45, 7) is 0.116. The van der Waals surface area contributed by atoms with E-state index in [1.807, 2.05) is 0 Å². The molecule has 5 nitrogen and oxygen atoms in total. The number of halogens is 1. The number of nitrogens with one attached hydrogen (secondary N) is 1. The fraction of sp³-hybridized carbons (Fsp3) is 0.0769. The number of hydrogen-bond acceptors (Lipinski definition) is 4. The van der Waals surface area contributed by atoms with Crippen LogP contribution < -0.4 is 14.8 Å². The van der Waals surface area contributed by atoms with Crippen molar-refractivity contribution in [1.82, 2.24) is 4.98 Å². The molecule has 1 amide bonds.